The highest BCUT2D eigenvalue weighted by Crippen LogP contribution is 2.08. The molecule has 0 bridgehead atoms. The van der Waals surface area contributed by atoms with E-state index in [0.29, 0.717) is 0 Å². The molecule has 0 radical (unpaired) electrons. The minimum Gasteiger partial charge on any atom is -0.315 e. The fourth-order valence-electron chi connectivity index (χ4n) is 2.00. The Morgan fingerprint density at radius 1 is 1.00 bits per heavy atom. The summed E-state index contributed by atoms with van der Waals surface area (Å²) in [5, 5.41) is 6.78. The first-order valence-electron chi connectivity index (χ1n) is 4.62. The third-order valence-electron chi connectivity index (χ3n) is 2.70. The van der Waals surface area contributed by atoms with Crippen LogP contribution in [0.3, 0.4) is 0 Å². The SMILES string of the molecule is C1CN([C@@H]2CCNC2)CCN1. The molecule has 3 nitrogen and oxygen atoms in total. The summed E-state index contributed by atoms with van der Waals surface area (Å²) in [5.74, 6) is 0. The van der Waals surface area contributed by atoms with Crippen molar-refractivity contribution in [2.45, 2.75) is 12.5 Å². The predicted octanol–water partition coefficient (Wildman–Crippen LogP) is -0.746. The van der Waals surface area contributed by atoms with Gasteiger partial charge in [-0.05, 0) is 13.0 Å². The molecule has 64 valence electrons. The molecule has 2 aliphatic heterocycles. The van der Waals surface area contributed by atoms with Gasteiger partial charge >= 0.3 is 0 Å². The molecular formula is C8H17N3. The molecule has 0 spiro atoms. The lowest BCUT2D eigenvalue weighted by atomic mass is 10.2. The molecule has 0 aliphatic carbocycles. The number of rotatable bonds is 1. The van der Waals surface area contributed by atoms with Crippen LogP contribution in [0.25, 0.3) is 0 Å². The molecule has 2 N–H and O–H groups in total. The number of hydrogen-bond acceptors (Lipinski definition) is 3. The second-order valence-electron chi connectivity index (χ2n) is 3.43. The van der Waals surface area contributed by atoms with E-state index >= 15 is 0 Å². The van der Waals surface area contributed by atoms with Crippen LogP contribution in [0.2, 0.25) is 0 Å². The highest BCUT2D eigenvalue weighted by Gasteiger charge is 2.22. The van der Waals surface area contributed by atoms with Crippen LogP contribution in [0.4, 0.5) is 0 Å². The van der Waals surface area contributed by atoms with E-state index in [0.717, 1.165) is 6.04 Å². The molecule has 0 aromatic carbocycles. The molecule has 0 aromatic heterocycles. The van der Waals surface area contributed by atoms with E-state index in [1.165, 1.54) is 45.7 Å². The van der Waals surface area contributed by atoms with Gasteiger partial charge in [-0.3, -0.25) is 4.90 Å². The Hall–Kier alpha value is -0.120. The zero-order valence-electron chi connectivity index (χ0n) is 6.97. The Kier molecular flexibility index (Phi) is 2.41. The molecule has 2 fully saturated rings. The lowest BCUT2D eigenvalue weighted by Crippen LogP contribution is -2.49. The van der Waals surface area contributed by atoms with Crippen LogP contribution < -0.4 is 10.6 Å². The zero-order valence-corrected chi connectivity index (χ0v) is 6.97. The molecular weight excluding hydrogens is 138 g/mol. The molecule has 0 unspecified atom stereocenters. The Balaban J connectivity index is 1.82. The summed E-state index contributed by atoms with van der Waals surface area (Å²) in [5.41, 5.74) is 0. The van der Waals surface area contributed by atoms with E-state index in [2.05, 4.69) is 15.5 Å². The van der Waals surface area contributed by atoms with Crippen molar-refractivity contribution in [2.24, 2.45) is 0 Å². The monoisotopic (exact) mass is 155 g/mol. The van der Waals surface area contributed by atoms with Gasteiger partial charge in [0.05, 0.1) is 0 Å². The molecule has 2 heterocycles. The van der Waals surface area contributed by atoms with E-state index in [1.54, 1.807) is 0 Å². The fourth-order valence-corrected chi connectivity index (χ4v) is 2.00. The number of nitrogens with one attached hydrogen (secondary N) is 2. The Morgan fingerprint density at radius 3 is 2.45 bits per heavy atom. The highest BCUT2D eigenvalue weighted by molar-refractivity contribution is 4.82. The van der Waals surface area contributed by atoms with Crippen LogP contribution in [0.15, 0.2) is 0 Å². The fraction of sp³-hybridized carbons (Fsp3) is 1.00. The molecule has 1 atom stereocenters. The van der Waals surface area contributed by atoms with Gasteiger partial charge in [0.1, 0.15) is 0 Å². The summed E-state index contributed by atoms with van der Waals surface area (Å²) in [7, 11) is 0. The van der Waals surface area contributed by atoms with E-state index in [-0.39, 0.29) is 0 Å². The summed E-state index contributed by atoms with van der Waals surface area (Å²) in [6.45, 7) is 7.26. The van der Waals surface area contributed by atoms with Gasteiger partial charge in [-0.25, -0.2) is 0 Å². The lowest BCUT2D eigenvalue weighted by molar-refractivity contribution is 0.184. The first kappa shape index (κ1) is 7.53. The van der Waals surface area contributed by atoms with Gasteiger partial charge in [0.2, 0.25) is 0 Å². The summed E-state index contributed by atoms with van der Waals surface area (Å²) in [6, 6.07) is 0.831. The van der Waals surface area contributed by atoms with Crippen molar-refractivity contribution in [2.75, 3.05) is 39.3 Å². The standard InChI is InChI=1S/C8H17N3/c1-2-10-7-8(1)11-5-3-9-4-6-11/h8-10H,1-7H2/t8-/m1/s1. The third kappa shape index (κ3) is 1.72. The van der Waals surface area contributed by atoms with Crippen molar-refractivity contribution in [3.63, 3.8) is 0 Å². The van der Waals surface area contributed by atoms with E-state index in [4.69, 9.17) is 0 Å². The Bertz CT molecular complexity index is 115. The van der Waals surface area contributed by atoms with Crippen molar-refractivity contribution >= 4 is 0 Å². The van der Waals surface area contributed by atoms with Crippen molar-refractivity contribution in [1.82, 2.24) is 15.5 Å². The van der Waals surface area contributed by atoms with Crippen LogP contribution in [0.1, 0.15) is 6.42 Å². The summed E-state index contributed by atoms with van der Waals surface area (Å²) in [6.07, 6.45) is 1.35. The first-order valence-corrected chi connectivity index (χ1v) is 4.62. The number of hydrogen-bond donors (Lipinski definition) is 2. The van der Waals surface area contributed by atoms with Gasteiger partial charge in [0, 0.05) is 38.8 Å². The van der Waals surface area contributed by atoms with E-state index in [1.807, 2.05) is 0 Å². The van der Waals surface area contributed by atoms with Gasteiger partial charge in [-0.1, -0.05) is 0 Å². The maximum absolute atomic E-state index is 3.41. The van der Waals surface area contributed by atoms with Crippen LogP contribution in [0.5, 0.6) is 0 Å². The minimum absolute atomic E-state index is 0.831. The summed E-state index contributed by atoms with van der Waals surface area (Å²) in [4.78, 5) is 2.61. The average Bonchev–Trinajstić information content (AvgIpc) is 2.58. The van der Waals surface area contributed by atoms with Crippen LogP contribution >= 0.6 is 0 Å². The van der Waals surface area contributed by atoms with Crippen molar-refractivity contribution in [1.29, 1.82) is 0 Å². The van der Waals surface area contributed by atoms with Crippen molar-refractivity contribution in [3.8, 4) is 0 Å². The summed E-state index contributed by atoms with van der Waals surface area (Å²) >= 11 is 0. The second kappa shape index (κ2) is 3.52. The molecule has 3 heteroatoms. The minimum atomic E-state index is 0.831. The smallest absolute Gasteiger partial charge is 0.0233 e. The van der Waals surface area contributed by atoms with E-state index < -0.39 is 0 Å². The molecule has 11 heavy (non-hydrogen) atoms. The normalized spacial score (nSPS) is 34.4. The van der Waals surface area contributed by atoms with Crippen molar-refractivity contribution < 1.29 is 0 Å². The third-order valence-corrected chi connectivity index (χ3v) is 2.70. The first-order chi connectivity index (χ1) is 5.47. The second-order valence-corrected chi connectivity index (χ2v) is 3.43. The topological polar surface area (TPSA) is 27.3 Å². The number of piperazine rings is 1. The molecule has 2 aliphatic rings. The average molecular weight is 155 g/mol. The molecule has 2 saturated heterocycles. The van der Waals surface area contributed by atoms with Gasteiger partial charge in [-0.15, -0.1) is 0 Å². The molecule has 2 rings (SSSR count). The van der Waals surface area contributed by atoms with Gasteiger partial charge in [0.25, 0.3) is 0 Å². The van der Waals surface area contributed by atoms with Crippen molar-refractivity contribution in [3.05, 3.63) is 0 Å². The quantitative estimate of drug-likeness (QED) is 0.522. The Labute approximate surface area is 68.1 Å². The van der Waals surface area contributed by atoms with Gasteiger partial charge < -0.3 is 10.6 Å². The maximum Gasteiger partial charge on any atom is 0.0233 e. The lowest BCUT2D eigenvalue weighted by Gasteiger charge is -2.32. The highest BCUT2D eigenvalue weighted by atomic mass is 15.2. The van der Waals surface area contributed by atoms with Crippen LogP contribution in [-0.2, 0) is 0 Å². The van der Waals surface area contributed by atoms with Gasteiger partial charge in [0.15, 0.2) is 0 Å². The zero-order chi connectivity index (χ0) is 7.52. The van der Waals surface area contributed by atoms with Crippen LogP contribution in [0, 0.1) is 0 Å². The molecule has 0 aromatic rings. The van der Waals surface area contributed by atoms with Crippen LogP contribution in [-0.4, -0.2) is 50.2 Å². The van der Waals surface area contributed by atoms with E-state index in [9.17, 15) is 0 Å². The van der Waals surface area contributed by atoms with Gasteiger partial charge in [-0.2, -0.15) is 0 Å². The largest absolute Gasteiger partial charge is 0.315 e. The number of nitrogens with zero attached hydrogens (tertiary/aromatic N) is 1. The maximum atomic E-state index is 3.41. The molecule has 0 saturated carbocycles. The Morgan fingerprint density at radius 2 is 1.82 bits per heavy atom. The predicted molar refractivity (Wildman–Crippen MR) is 45.7 cm³/mol. The molecule has 0 amide bonds. The summed E-state index contributed by atoms with van der Waals surface area (Å²) < 4.78 is 0.